The number of hydrogen-bond donors (Lipinski definition) is 2. The molecule has 2 aromatic heterocycles. The zero-order valence-corrected chi connectivity index (χ0v) is 16.5. The number of anilines is 1. The molecule has 28 heavy (non-hydrogen) atoms. The molecule has 2 N–H and O–H groups in total. The van der Waals surface area contributed by atoms with Gasteiger partial charge in [0.15, 0.2) is 5.82 Å². The average Bonchev–Trinajstić information content (AvgIpc) is 3.13. The Balaban J connectivity index is 1.49. The molecular formula is C18H22N6O3S. The quantitative estimate of drug-likeness (QED) is 0.525. The summed E-state index contributed by atoms with van der Waals surface area (Å²) >= 11 is 0. The molecule has 0 spiro atoms. The summed E-state index contributed by atoms with van der Waals surface area (Å²) in [5, 5.41) is 15.5. The second kappa shape index (κ2) is 8.81. The first-order valence-electron chi connectivity index (χ1n) is 8.81. The van der Waals surface area contributed by atoms with Crippen molar-refractivity contribution in [2.75, 3.05) is 25.0 Å². The Hall–Kier alpha value is -2.98. The van der Waals surface area contributed by atoms with E-state index in [1.54, 1.807) is 28.9 Å². The summed E-state index contributed by atoms with van der Waals surface area (Å²) in [6.45, 7) is 4.87. The van der Waals surface area contributed by atoms with E-state index in [1.165, 1.54) is 12.1 Å². The summed E-state index contributed by atoms with van der Waals surface area (Å²) in [5.41, 5.74) is 0.892. The monoisotopic (exact) mass is 402 g/mol. The van der Waals surface area contributed by atoms with Crippen LogP contribution in [0.2, 0.25) is 0 Å². The Morgan fingerprint density at radius 2 is 1.82 bits per heavy atom. The van der Waals surface area contributed by atoms with E-state index in [0.29, 0.717) is 30.5 Å². The number of aryl methyl sites for hydroxylation is 1. The maximum Gasteiger partial charge on any atom is 0.240 e. The SMILES string of the molecule is CCOc1ccc(S(=O)(=O)NCCNc2ccc(-n3ccc(C)n3)nn2)cc1. The smallest absolute Gasteiger partial charge is 0.240 e. The first-order chi connectivity index (χ1) is 13.5. The topological polar surface area (TPSA) is 111 Å². The molecule has 0 saturated carbocycles. The fourth-order valence-corrected chi connectivity index (χ4v) is 3.46. The normalized spacial score (nSPS) is 11.4. The number of sulfonamides is 1. The Labute approximate surface area is 163 Å². The minimum atomic E-state index is -3.58. The van der Waals surface area contributed by atoms with Crippen LogP contribution in [0.25, 0.3) is 5.82 Å². The van der Waals surface area contributed by atoms with Crippen LogP contribution in [-0.4, -0.2) is 48.1 Å². The van der Waals surface area contributed by atoms with Crippen LogP contribution >= 0.6 is 0 Å². The van der Waals surface area contributed by atoms with Crippen LogP contribution in [0.3, 0.4) is 0 Å². The van der Waals surface area contributed by atoms with Crippen LogP contribution in [-0.2, 0) is 10.0 Å². The van der Waals surface area contributed by atoms with Gasteiger partial charge in [-0.15, -0.1) is 10.2 Å². The van der Waals surface area contributed by atoms with Crippen LogP contribution in [0.15, 0.2) is 53.6 Å². The molecule has 3 rings (SSSR count). The standard InChI is InChI=1S/C18H22N6O3S/c1-3-27-15-4-6-16(7-5-15)28(25,26)20-12-11-19-17-8-9-18(22-21-17)24-13-10-14(2)23-24/h4-10,13,20H,3,11-12H2,1-2H3,(H,19,21). The van der Waals surface area contributed by atoms with E-state index >= 15 is 0 Å². The van der Waals surface area contributed by atoms with Crippen LogP contribution in [0.1, 0.15) is 12.6 Å². The maximum atomic E-state index is 12.3. The molecule has 0 aliphatic carbocycles. The van der Waals surface area contributed by atoms with E-state index in [4.69, 9.17) is 4.74 Å². The zero-order valence-electron chi connectivity index (χ0n) is 15.7. The highest BCUT2D eigenvalue weighted by molar-refractivity contribution is 7.89. The summed E-state index contributed by atoms with van der Waals surface area (Å²) in [7, 11) is -3.58. The van der Waals surface area contributed by atoms with Gasteiger partial charge in [0.25, 0.3) is 0 Å². The Bertz CT molecular complexity index is 1000. The number of hydrogen-bond acceptors (Lipinski definition) is 7. The van der Waals surface area contributed by atoms with Crippen molar-refractivity contribution in [1.82, 2.24) is 24.7 Å². The van der Waals surface area contributed by atoms with Crippen molar-refractivity contribution in [2.24, 2.45) is 0 Å². The lowest BCUT2D eigenvalue weighted by atomic mass is 10.3. The fourth-order valence-electron chi connectivity index (χ4n) is 2.43. The van der Waals surface area contributed by atoms with Gasteiger partial charge in [0.1, 0.15) is 11.6 Å². The molecule has 2 heterocycles. The minimum Gasteiger partial charge on any atom is -0.494 e. The predicted octanol–water partition coefficient (Wildman–Crippen LogP) is 1.76. The number of benzene rings is 1. The minimum absolute atomic E-state index is 0.189. The van der Waals surface area contributed by atoms with E-state index in [9.17, 15) is 8.42 Å². The van der Waals surface area contributed by atoms with Crippen LogP contribution in [0.5, 0.6) is 5.75 Å². The van der Waals surface area contributed by atoms with Gasteiger partial charge in [-0.1, -0.05) is 0 Å². The number of ether oxygens (including phenoxy) is 1. The van der Waals surface area contributed by atoms with E-state index in [-0.39, 0.29) is 11.4 Å². The van der Waals surface area contributed by atoms with Gasteiger partial charge in [-0.05, 0) is 56.3 Å². The number of rotatable bonds is 9. The lowest BCUT2D eigenvalue weighted by Crippen LogP contribution is -2.29. The Morgan fingerprint density at radius 3 is 2.43 bits per heavy atom. The Morgan fingerprint density at radius 1 is 1.04 bits per heavy atom. The van der Waals surface area contributed by atoms with E-state index in [1.807, 2.05) is 26.1 Å². The van der Waals surface area contributed by atoms with Gasteiger partial charge in [-0.25, -0.2) is 17.8 Å². The van der Waals surface area contributed by atoms with Crippen LogP contribution < -0.4 is 14.8 Å². The van der Waals surface area contributed by atoms with Gasteiger partial charge < -0.3 is 10.1 Å². The molecule has 0 aliphatic rings. The number of nitrogens with one attached hydrogen (secondary N) is 2. The van der Waals surface area contributed by atoms with E-state index in [0.717, 1.165) is 5.69 Å². The summed E-state index contributed by atoms with van der Waals surface area (Å²) in [4.78, 5) is 0.189. The largest absolute Gasteiger partial charge is 0.494 e. The average molecular weight is 402 g/mol. The van der Waals surface area contributed by atoms with E-state index < -0.39 is 10.0 Å². The first kappa shape index (κ1) is 19.8. The van der Waals surface area contributed by atoms with Gasteiger partial charge in [0, 0.05) is 19.3 Å². The lowest BCUT2D eigenvalue weighted by Gasteiger charge is -2.09. The molecular weight excluding hydrogens is 380 g/mol. The third-order valence-electron chi connectivity index (χ3n) is 3.78. The highest BCUT2D eigenvalue weighted by Crippen LogP contribution is 2.15. The number of aromatic nitrogens is 4. The Kier molecular flexibility index (Phi) is 6.22. The lowest BCUT2D eigenvalue weighted by molar-refractivity contribution is 0.340. The molecule has 0 amide bonds. The van der Waals surface area contributed by atoms with E-state index in [2.05, 4.69) is 25.3 Å². The molecule has 148 valence electrons. The first-order valence-corrected chi connectivity index (χ1v) is 10.3. The molecule has 10 heteroatoms. The van der Waals surface area contributed by atoms with Crippen molar-refractivity contribution < 1.29 is 13.2 Å². The van der Waals surface area contributed by atoms with Gasteiger partial charge in [-0.3, -0.25) is 0 Å². The van der Waals surface area contributed by atoms with Crippen molar-refractivity contribution in [3.63, 3.8) is 0 Å². The molecule has 0 unspecified atom stereocenters. The van der Waals surface area contributed by atoms with Crippen molar-refractivity contribution in [3.8, 4) is 11.6 Å². The second-order valence-corrected chi connectivity index (χ2v) is 7.67. The third kappa shape index (κ3) is 5.05. The summed E-state index contributed by atoms with van der Waals surface area (Å²) in [5.74, 6) is 1.79. The summed E-state index contributed by atoms with van der Waals surface area (Å²) in [6, 6.07) is 11.7. The zero-order chi connectivity index (χ0) is 20.0. The molecule has 1 aromatic carbocycles. The van der Waals surface area contributed by atoms with Gasteiger partial charge in [-0.2, -0.15) is 5.10 Å². The number of nitrogens with zero attached hydrogens (tertiary/aromatic N) is 4. The molecule has 0 saturated heterocycles. The van der Waals surface area contributed by atoms with Gasteiger partial charge in [0.2, 0.25) is 10.0 Å². The predicted molar refractivity (Wildman–Crippen MR) is 105 cm³/mol. The highest BCUT2D eigenvalue weighted by atomic mass is 32.2. The molecule has 0 atom stereocenters. The molecule has 0 aliphatic heterocycles. The van der Waals surface area contributed by atoms with Crippen LogP contribution in [0, 0.1) is 6.92 Å². The van der Waals surface area contributed by atoms with Gasteiger partial charge in [0.05, 0.1) is 17.2 Å². The highest BCUT2D eigenvalue weighted by Gasteiger charge is 2.13. The van der Waals surface area contributed by atoms with Crippen molar-refractivity contribution in [2.45, 2.75) is 18.7 Å². The van der Waals surface area contributed by atoms with Crippen molar-refractivity contribution in [3.05, 3.63) is 54.4 Å². The fraction of sp³-hybridized carbons (Fsp3) is 0.278. The molecule has 9 nitrogen and oxygen atoms in total. The summed E-state index contributed by atoms with van der Waals surface area (Å²) in [6.07, 6.45) is 1.81. The molecule has 0 bridgehead atoms. The van der Waals surface area contributed by atoms with Crippen molar-refractivity contribution >= 4 is 15.8 Å². The van der Waals surface area contributed by atoms with Crippen LogP contribution in [0.4, 0.5) is 5.82 Å². The third-order valence-corrected chi connectivity index (χ3v) is 5.25. The maximum absolute atomic E-state index is 12.3. The second-order valence-electron chi connectivity index (χ2n) is 5.91. The molecule has 0 radical (unpaired) electrons. The van der Waals surface area contributed by atoms with Crippen molar-refractivity contribution in [1.29, 1.82) is 0 Å². The molecule has 3 aromatic rings. The molecule has 0 fully saturated rings. The van der Waals surface area contributed by atoms with Gasteiger partial charge >= 0.3 is 0 Å². The summed E-state index contributed by atoms with van der Waals surface area (Å²) < 4.78 is 34.1.